The fourth-order valence-electron chi connectivity index (χ4n) is 3.44. The predicted molar refractivity (Wildman–Crippen MR) is 113 cm³/mol. The van der Waals surface area contributed by atoms with Crippen LogP contribution in [-0.2, 0) is 11.3 Å². The molecule has 1 atom stereocenters. The van der Waals surface area contributed by atoms with Gasteiger partial charge in [-0.15, -0.1) is 0 Å². The molecule has 6 nitrogen and oxygen atoms in total. The third-order valence-corrected chi connectivity index (χ3v) is 4.62. The first-order valence-electron chi connectivity index (χ1n) is 9.48. The van der Waals surface area contributed by atoms with Gasteiger partial charge in [0.25, 0.3) is 0 Å². The highest BCUT2D eigenvalue weighted by molar-refractivity contribution is 5.88. The number of ether oxygens (including phenoxy) is 1. The maximum absolute atomic E-state index is 11.2. The normalized spacial score (nSPS) is 17.9. The fraction of sp³-hybridized carbons (Fsp3) is 0.364. The number of carbonyl (C=O) groups is 1. The summed E-state index contributed by atoms with van der Waals surface area (Å²) in [6.07, 6.45) is 0.836. The van der Waals surface area contributed by atoms with Gasteiger partial charge < -0.3 is 20.7 Å². The molecule has 0 bridgehead atoms. The summed E-state index contributed by atoms with van der Waals surface area (Å²) in [6, 6.07) is 16.0. The van der Waals surface area contributed by atoms with E-state index >= 15 is 0 Å². The topological polar surface area (TPSA) is 74.8 Å². The highest BCUT2D eigenvalue weighted by Crippen LogP contribution is 2.39. The number of para-hydroxylation sites is 1. The molecule has 0 spiro atoms. The minimum absolute atomic E-state index is 0.0802. The Morgan fingerprint density at radius 2 is 2.00 bits per heavy atom. The first-order chi connectivity index (χ1) is 13.4. The quantitative estimate of drug-likeness (QED) is 0.559. The van der Waals surface area contributed by atoms with Gasteiger partial charge in [0.1, 0.15) is 11.4 Å². The van der Waals surface area contributed by atoms with Crippen LogP contribution in [0.15, 0.2) is 53.5 Å². The van der Waals surface area contributed by atoms with E-state index in [9.17, 15) is 4.79 Å². The van der Waals surface area contributed by atoms with Crippen LogP contribution >= 0.6 is 0 Å². The Labute approximate surface area is 166 Å². The summed E-state index contributed by atoms with van der Waals surface area (Å²) in [5, 5.41) is 9.69. The van der Waals surface area contributed by atoms with Crippen molar-refractivity contribution >= 4 is 17.6 Å². The summed E-state index contributed by atoms with van der Waals surface area (Å²) in [7, 11) is 1.76. The lowest BCUT2D eigenvalue weighted by atomic mass is 9.90. The van der Waals surface area contributed by atoms with Crippen molar-refractivity contribution in [2.24, 2.45) is 4.99 Å². The molecule has 3 rings (SSSR count). The lowest BCUT2D eigenvalue weighted by Crippen LogP contribution is -2.45. The molecular weight excluding hydrogens is 352 g/mol. The molecule has 1 amide bonds. The van der Waals surface area contributed by atoms with E-state index in [1.807, 2.05) is 42.5 Å². The molecule has 0 aromatic heterocycles. The number of nitrogens with zero attached hydrogens (tertiary/aromatic N) is 1. The van der Waals surface area contributed by atoms with Crippen molar-refractivity contribution in [2.75, 3.05) is 12.4 Å². The number of hydrogen-bond donors (Lipinski definition) is 3. The first-order valence-corrected chi connectivity index (χ1v) is 9.48. The fourth-order valence-corrected chi connectivity index (χ4v) is 3.44. The van der Waals surface area contributed by atoms with Gasteiger partial charge >= 0.3 is 0 Å². The molecule has 0 fully saturated rings. The molecule has 1 aliphatic rings. The van der Waals surface area contributed by atoms with Crippen LogP contribution in [0.25, 0.3) is 0 Å². The van der Waals surface area contributed by atoms with Gasteiger partial charge in [-0.3, -0.25) is 9.79 Å². The summed E-state index contributed by atoms with van der Waals surface area (Å²) < 4.78 is 6.10. The van der Waals surface area contributed by atoms with Gasteiger partial charge in [-0.2, -0.15) is 0 Å². The number of amides is 1. The number of benzene rings is 2. The van der Waals surface area contributed by atoms with Crippen molar-refractivity contribution in [3.8, 4) is 5.75 Å². The predicted octanol–water partition coefficient (Wildman–Crippen LogP) is 3.61. The molecule has 2 aromatic carbocycles. The molecule has 6 heteroatoms. The summed E-state index contributed by atoms with van der Waals surface area (Å²) in [4.78, 5) is 15.6. The van der Waals surface area contributed by atoms with E-state index in [1.54, 1.807) is 7.05 Å². The number of carbonyl (C=O) groups excluding carboxylic acids is 1. The molecule has 1 aliphatic heterocycles. The third-order valence-electron chi connectivity index (χ3n) is 4.62. The molecule has 0 saturated heterocycles. The maximum Gasteiger partial charge on any atom is 0.221 e. The summed E-state index contributed by atoms with van der Waals surface area (Å²) in [6.45, 7) is 6.30. The molecule has 0 aliphatic carbocycles. The maximum atomic E-state index is 11.2. The molecule has 28 heavy (non-hydrogen) atoms. The highest BCUT2D eigenvalue weighted by Gasteiger charge is 2.33. The van der Waals surface area contributed by atoms with E-state index in [0.29, 0.717) is 6.54 Å². The Hall–Kier alpha value is -3.02. The van der Waals surface area contributed by atoms with E-state index in [1.165, 1.54) is 6.92 Å². The molecule has 0 radical (unpaired) electrons. The van der Waals surface area contributed by atoms with E-state index in [-0.39, 0.29) is 17.6 Å². The zero-order valence-electron chi connectivity index (χ0n) is 16.9. The monoisotopic (exact) mass is 380 g/mol. The van der Waals surface area contributed by atoms with Gasteiger partial charge in [0.05, 0.1) is 6.04 Å². The van der Waals surface area contributed by atoms with Crippen molar-refractivity contribution in [1.82, 2.24) is 10.6 Å². The van der Waals surface area contributed by atoms with Gasteiger partial charge in [0, 0.05) is 38.2 Å². The van der Waals surface area contributed by atoms with Gasteiger partial charge in [-0.25, -0.2) is 0 Å². The van der Waals surface area contributed by atoms with Gasteiger partial charge in [-0.05, 0) is 37.6 Å². The van der Waals surface area contributed by atoms with Crippen LogP contribution in [0.1, 0.15) is 44.4 Å². The number of hydrogen-bond acceptors (Lipinski definition) is 3. The number of guanidine groups is 1. The molecule has 1 heterocycles. The molecule has 148 valence electrons. The molecular formula is C22H28N4O2. The Morgan fingerprint density at radius 3 is 2.75 bits per heavy atom. The van der Waals surface area contributed by atoms with Crippen LogP contribution in [0, 0.1) is 0 Å². The largest absolute Gasteiger partial charge is 0.487 e. The number of nitrogens with one attached hydrogen (secondary N) is 3. The van der Waals surface area contributed by atoms with Gasteiger partial charge in [0.2, 0.25) is 5.91 Å². The van der Waals surface area contributed by atoms with Crippen molar-refractivity contribution < 1.29 is 9.53 Å². The second-order valence-electron chi connectivity index (χ2n) is 7.61. The number of fused-ring (bicyclic) bond motifs is 1. The average molecular weight is 380 g/mol. The van der Waals surface area contributed by atoms with Crippen LogP contribution in [0.5, 0.6) is 5.75 Å². The second-order valence-corrected chi connectivity index (χ2v) is 7.61. The zero-order valence-corrected chi connectivity index (χ0v) is 16.9. The summed E-state index contributed by atoms with van der Waals surface area (Å²) >= 11 is 0. The van der Waals surface area contributed by atoms with Crippen molar-refractivity contribution in [1.29, 1.82) is 0 Å². The van der Waals surface area contributed by atoms with Crippen LogP contribution in [0.2, 0.25) is 0 Å². The third kappa shape index (κ3) is 5.03. The second kappa shape index (κ2) is 8.33. The van der Waals surface area contributed by atoms with Crippen LogP contribution in [0.4, 0.5) is 5.69 Å². The Kier molecular flexibility index (Phi) is 5.87. The summed E-state index contributed by atoms with van der Waals surface area (Å²) in [5.41, 5.74) is 2.73. The van der Waals surface area contributed by atoms with Gasteiger partial charge in [0.15, 0.2) is 5.96 Å². The summed E-state index contributed by atoms with van der Waals surface area (Å²) in [5.74, 6) is 1.56. The average Bonchev–Trinajstić information content (AvgIpc) is 2.64. The molecule has 0 saturated carbocycles. The lowest BCUT2D eigenvalue weighted by molar-refractivity contribution is -0.114. The highest BCUT2D eigenvalue weighted by atomic mass is 16.5. The van der Waals surface area contributed by atoms with E-state index in [0.717, 1.165) is 34.9 Å². The molecule has 1 unspecified atom stereocenters. The van der Waals surface area contributed by atoms with E-state index in [2.05, 4.69) is 40.9 Å². The van der Waals surface area contributed by atoms with E-state index in [4.69, 9.17) is 4.74 Å². The smallest absolute Gasteiger partial charge is 0.221 e. The van der Waals surface area contributed by atoms with E-state index < -0.39 is 0 Å². The minimum Gasteiger partial charge on any atom is -0.487 e. The molecule has 2 aromatic rings. The number of rotatable bonds is 4. The molecule has 3 N–H and O–H groups in total. The number of anilines is 1. The standard InChI is InChI=1S/C22H28N4O2/c1-15(27)25-17-9-7-8-16(12-17)14-24-21(23-4)26-19-13-22(2,3)28-20-11-6-5-10-18(19)20/h5-12,19H,13-14H2,1-4H3,(H,25,27)(H2,23,24,26). The van der Waals surface area contributed by atoms with Crippen LogP contribution < -0.4 is 20.7 Å². The van der Waals surface area contributed by atoms with Crippen LogP contribution in [0.3, 0.4) is 0 Å². The number of aliphatic imine (C=N–C) groups is 1. The Morgan fingerprint density at radius 1 is 1.21 bits per heavy atom. The van der Waals surface area contributed by atoms with Crippen molar-refractivity contribution in [3.05, 3.63) is 59.7 Å². The lowest BCUT2D eigenvalue weighted by Gasteiger charge is -2.38. The van der Waals surface area contributed by atoms with Crippen molar-refractivity contribution in [3.63, 3.8) is 0 Å². The SMILES string of the molecule is CN=C(NCc1cccc(NC(C)=O)c1)NC1CC(C)(C)Oc2ccccc21. The minimum atomic E-state index is -0.252. The Balaban J connectivity index is 1.68. The first kappa shape index (κ1) is 19.7. The zero-order chi connectivity index (χ0) is 20.1. The van der Waals surface area contributed by atoms with Gasteiger partial charge in [-0.1, -0.05) is 30.3 Å². The Bertz CT molecular complexity index is 876. The van der Waals surface area contributed by atoms with Crippen molar-refractivity contribution in [2.45, 2.75) is 45.4 Å². The van der Waals surface area contributed by atoms with Crippen LogP contribution in [-0.4, -0.2) is 24.5 Å².